The molecule has 0 unspecified atom stereocenters. The Labute approximate surface area is 100 Å². The number of nitrogens with zero attached hydrogens (tertiary/aromatic N) is 1. The lowest BCUT2D eigenvalue weighted by Crippen LogP contribution is -2.49. The Morgan fingerprint density at radius 1 is 1.29 bits per heavy atom. The summed E-state index contributed by atoms with van der Waals surface area (Å²) in [6.45, 7) is 1.93. The molecule has 1 aromatic carbocycles. The van der Waals surface area contributed by atoms with Crippen LogP contribution in [0.2, 0.25) is 0 Å². The second-order valence-electron chi connectivity index (χ2n) is 5.13. The third kappa shape index (κ3) is 1.11. The van der Waals surface area contributed by atoms with Crippen molar-refractivity contribution in [2.75, 3.05) is 11.9 Å². The number of Topliss-reactive ketones (excluding diaryl/α,β-unsaturated/α-hetero) is 1. The van der Waals surface area contributed by atoms with Gasteiger partial charge in [-0.2, -0.15) is 0 Å². The van der Waals surface area contributed by atoms with Gasteiger partial charge < -0.3 is 4.90 Å². The molecule has 0 radical (unpaired) electrons. The van der Waals surface area contributed by atoms with Crippen molar-refractivity contribution in [2.45, 2.75) is 25.2 Å². The number of anilines is 1. The van der Waals surface area contributed by atoms with Crippen molar-refractivity contribution in [3.8, 4) is 0 Å². The highest BCUT2D eigenvalue weighted by Gasteiger charge is 2.55. The minimum absolute atomic E-state index is 0.0806. The summed E-state index contributed by atoms with van der Waals surface area (Å²) in [6.07, 6.45) is 1.21. The van der Waals surface area contributed by atoms with Crippen molar-refractivity contribution in [2.24, 2.45) is 5.92 Å². The van der Waals surface area contributed by atoms with Gasteiger partial charge in [0, 0.05) is 19.2 Å². The maximum absolute atomic E-state index is 12.3. The second-order valence-corrected chi connectivity index (χ2v) is 5.13. The van der Waals surface area contributed by atoms with Gasteiger partial charge in [0.25, 0.3) is 0 Å². The average molecular weight is 229 g/mol. The van der Waals surface area contributed by atoms with Crippen LogP contribution in [0.15, 0.2) is 24.3 Å². The predicted octanol–water partition coefficient (Wildman–Crippen LogP) is 1.90. The Hall–Kier alpha value is -1.64. The molecule has 3 rings (SSSR count). The molecule has 1 heterocycles. The Balaban J connectivity index is 2.30. The van der Waals surface area contributed by atoms with E-state index in [-0.39, 0.29) is 17.6 Å². The highest BCUT2D eigenvalue weighted by Crippen LogP contribution is 2.50. The summed E-state index contributed by atoms with van der Waals surface area (Å²) in [5.41, 5.74) is 1.29. The molecule has 0 aromatic heterocycles. The number of hydrogen-bond acceptors (Lipinski definition) is 2. The number of carbonyl (C=O) groups is 2. The molecule has 1 amide bonds. The van der Waals surface area contributed by atoms with Crippen LogP contribution in [0.1, 0.15) is 25.3 Å². The molecule has 0 N–H and O–H groups in total. The van der Waals surface area contributed by atoms with Crippen molar-refractivity contribution >= 4 is 17.4 Å². The van der Waals surface area contributed by atoms with Gasteiger partial charge in [-0.25, -0.2) is 0 Å². The van der Waals surface area contributed by atoms with E-state index in [4.69, 9.17) is 0 Å². The number of para-hydroxylation sites is 1. The Morgan fingerprint density at radius 2 is 2.00 bits per heavy atom. The zero-order valence-corrected chi connectivity index (χ0v) is 10.1. The topological polar surface area (TPSA) is 37.4 Å². The average Bonchev–Trinajstić information content (AvgIpc) is 2.65. The third-order valence-electron chi connectivity index (χ3n) is 4.39. The molecular weight excluding hydrogens is 214 g/mol. The molecule has 2 atom stereocenters. The maximum atomic E-state index is 12.3. The minimum Gasteiger partial charge on any atom is -0.315 e. The first-order chi connectivity index (χ1) is 8.06. The first-order valence-electron chi connectivity index (χ1n) is 5.97. The lowest BCUT2D eigenvalue weighted by molar-refractivity contribution is -0.129. The monoisotopic (exact) mass is 229 g/mol. The van der Waals surface area contributed by atoms with Crippen LogP contribution >= 0.6 is 0 Å². The quantitative estimate of drug-likeness (QED) is 0.681. The molecule has 1 aliphatic carbocycles. The van der Waals surface area contributed by atoms with Crippen LogP contribution < -0.4 is 4.90 Å². The zero-order valence-electron chi connectivity index (χ0n) is 10.1. The Kier molecular flexibility index (Phi) is 1.97. The fourth-order valence-electron chi connectivity index (χ4n) is 3.28. The maximum Gasteiger partial charge on any atom is 0.231 e. The van der Waals surface area contributed by atoms with E-state index in [0.29, 0.717) is 12.8 Å². The van der Waals surface area contributed by atoms with Gasteiger partial charge in [-0.3, -0.25) is 9.59 Å². The molecular formula is C14H15NO2. The highest BCUT2D eigenvalue weighted by molar-refractivity contribution is 6.08. The van der Waals surface area contributed by atoms with Crippen LogP contribution in [0.4, 0.5) is 5.69 Å². The summed E-state index contributed by atoms with van der Waals surface area (Å²) >= 11 is 0. The predicted molar refractivity (Wildman–Crippen MR) is 64.9 cm³/mol. The van der Waals surface area contributed by atoms with Crippen LogP contribution in [-0.4, -0.2) is 18.7 Å². The number of carbonyl (C=O) groups excluding carboxylic acids is 2. The van der Waals surface area contributed by atoms with Gasteiger partial charge in [0.05, 0.1) is 11.3 Å². The van der Waals surface area contributed by atoms with Gasteiger partial charge in [-0.05, 0) is 25.0 Å². The summed E-state index contributed by atoms with van der Waals surface area (Å²) in [5.74, 6) is 0.114. The van der Waals surface area contributed by atoms with E-state index in [1.165, 1.54) is 0 Å². The summed E-state index contributed by atoms with van der Waals surface area (Å²) < 4.78 is 0. The number of benzene rings is 1. The molecule has 0 bridgehead atoms. The fraction of sp³-hybridized carbons (Fsp3) is 0.429. The first kappa shape index (κ1) is 10.5. The normalized spacial score (nSPS) is 31.4. The number of rotatable bonds is 0. The van der Waals surface area contributed by atoms with Crippen molar-refractivity contribution in [3.63, 3.8) is 0 Å². The Bertz CT molecular complexity index is 523. The number of fused-ring (bicyclic) bond motifs is 3. The summed E-state index contributed by atoms with van der Waals surface area (Å²) in [4.78, 5) is 26.2. The SMILES string of the molecule is CN1C(=O)[C@H]2CCC(=O)[C@@]2(C)c2ccccc21. The van der Waals surface area contributed by atoms with E-state index in [1.807, 2.05) is 31.2 Å². The Morgan fingerprint density at radius 3 is 2.76 bits per heavy atom. The second kappa shape index (κ2) is 3.19. The van der Waals surface area contributed by atoms with E-state index in [1.54, 1.807) is 11.9 Å². The van der Waals surface area contributed by atoms with E-state index < -0.39 is 5.41 Å². The van der Waals surface area contributed by atoms with Crippen LogP contribution in [-0.2, 0) is 15.0 Å². The smallest absolute Gasteiger partial charge is 0.231 e. The van der Waals surface area contributed by atoms with Gasteiger partial charge in [0.1, 0.15) is 5.78 Å². The van der Waals surface area contributed by atoms with Crippen LogP contribution in [0.3, 0.4) is 0 Å². The van der Waals surface area contributed by atoms with Crippen LogP contribution in [0, 0.1) is 5.92 Å². The van der Waals surface area contributed by atoms with E-state index in [9.17, 15) is 9.59 Å². The molecule has 88 valence electrons. The lowest BCUT2D eigenvalue weighted by atomic mass is 9.69. The molecule has 1 aromatic rings. The summed E-state index contributed by atoms with van der Waals surface area (Å²) in [5, 5.41) is 0. The molecule has 17 heavy (non-hydrogen) atoms. The van der Waals surface area contributed by atoms with Crippen molar-refractivity contribution in [3.05, 3.63) is 29.8 Å². The summed E-state index contributed by atoms with van der Waals surface area (Å²) in [6, 6.07) is 7.75. The number of amides is 1. The van der Waals surface area contributed by atoms with E-state index >= 15 is 0 Å². The third-order valence-corrected chi connectivity index (χ3v) is 4.39. The zero-order chi connectivity index (χ0) is 12.2. The first-order valence-corrected chi connectivity index (χ1v) is 5.97. The van der Waals surface area contributed by atoms with Crippen LogP contribution in [0.5, 0.6) is 0 Å². The minimum atomic E-state index is -0.597. The van der Waals surface area contributed by atoms with E-state index in [2.05, 4.69) is 0 Å². The molecule has 3 nitrogen and oxygen atoms in total. The molecule has 0 saturated heterocycles. The number of hydrogen-bond donors (Lipinski definition) is 0. The highest BCUT2D eigenvalue weighted by atomic mass is 16.2. The van der Waals surface area contributed by atoms with Gasteiger partial charge >= 0.3 is 0 Å². The molecule has 1 saturated carbocycles. The van der Waals surface area contributed by atoms with Gasteiger partial charge in [0.2, 0.25) is 5.91 Å². The lowest BCUT2D eigenvalue weighted by Gasteiger charge is -2.40. The fourth-order valence-corrected chi connectivity index (χ4v) is 3.28. The summed E-state index contributed by atoms with van der Waals surface area (Å²) in [7, 11) is 1.80. The van der Waals surface area contributed by atoms with Crippen molar-refractivity contribution < 1.29 is 9.59 Å². The molecule has 1 aliphatic heterocycles. The van der Waals surface area contributed by atoms with Gasteiger partial charge in [-0.15, -0.1) is 0 Å². The van der Waals surface area contributed by atoms with Gasteiger partial charge in [-0.1, -0.05) is 18.2 Å². The molecule has 1 fully saturated rings. The van der Waals surface area contributed by atoms with Gasteiger partial charge in [0.15, 0.2) is 0 Å². The molecule has 3 heteroatoms. The molecule has 2 aliphatic rings. The number of ketones is 1. The van der Waals surface area contributed by atoms with Crippen molar-refractivity contribution in [1.82, 2.24) is 0 Å². The largest absolute Gasteiger partial charge is 0.315 e. The standard InChI is InChI=1S/C14H15NO2/c1-14-9-5-3-4-6-11(9)15(2)13(17)10(14)7-8-12(14)16/h3-6,10H,7-8H2,1-2H3/t10-,14+/m1/s1. The van der Waals surface area contributed by atoms with E-state index in [0.717, 1.165) is 11.3 Å². The van der Waals surface area contributed by atoms with Crippen LogP contribution in [0.25, 0.3) is 0 Å². The van der Waals surface area contributed by atoms with Crippen molar-refractivity contribution in [1.29, 1.82) is 0 Å². The molecule has 0 spiro atoms.